The van der Waals surface area contributed by atoms with Crippen LogP contribution in [0.15, 0.2) is 29.6 Å². The Morgan fingerprint density at radius 1 is 1.10 bits per heavy atom. The number of aryl methyl sites for hydroxylation is 1. The van der Waals surface area contributed by atoms with E-state index in [1.165, 1.54) is 17.5 Å². The highest BCUT2D eigenvalue weighted by Crippen LogP contribution is 2.31. The lowest BCUT2D eigenvalue weighted by Gasteiger charge is -2.23. The Kier molecular flexibility index (Phi) is 4.95. The first kappa shape index (κ1) is 15.2. The molecule has 0 unspecified atom stereocenters. The Balaban J connectivity index is 2.24. The maximum absolute atomic E-state index is 6.42. The fourth-order valence-corrected chi connectivity index (χ4v) is 3.40. The molecule has 0 spiro atoms. The van der Waals surface area contributed by atoms with E-state index < -0.39 is 0 Å². The lowest BCUT2D eigenvalue weighted by molar-refractivity contribution is 0.411. The molecule has 2 N–H and O–H groups in total. The van der Waals surface area contributed by atoms with Crippen LogP contribution in [0.2, 0.25) is 0 Å². The number of nitrogens with zero attached hydrogens (tertiary/aromatic N) is 1. The molecule has 0 amide bonds. The SMILES string of the molecule is CCCc1ccc(-c2csc(C(N)(CC)CC)n2)cc1. The van der Waals surface area contributed by atoms with Crippen molar-refractivity contribution in [1.82, 2.24) is 4.98 Å². The minimum atomic E-state index is -0.273. The first-order chi connectivity index (χ1) is 9.62. The fraction of sp³-hybridized carbons (Fsp3) is 0.471. The lowest BCUT2D eigenvalue weighted by atomic mass is 9.95. The summed E-state index contributed by atoms with van der Waals surface area (Å²) < 4.78 is 0. The number of nitrogens with two attached hydrogens (primary N) is 1. The summed E-state index contributed by atoms with van der Waals surface area (Å²) in [6, 6.07) is 8.74. The van der Waals surface area contributed by atoms with E-state index in [9.17, 15) is 0 Å². The van der Waals surface area contributed by atoms with E-state index in [4.69, 9.17) is 10.7 Å². The molecule has 1 heterocycles. The van der Waals surface area contributed by atoms with Crippen molar-refractivity contribution in [2.75, 3.05) is 0 Å². The Hall–Kier alpha value is -1.19. The quantitative estimate of drug-likeness (QED) is 0.834. The lowest BCUT2D eigenvalue weighted by Crippen LogP contribution is -2.34. The van der Waals surface area contributed by atoms with Crippen LogP contribution in [0, 0.1) is 0 Å². The van der Waals surface area contributed by atoms with Crippen molar-refractivity contribution in [3.8, 4) is 11.3 Å². The maximum Gasteiger partial charge on any atom is 0.113 e. The third-order valence-electron chi connectivity index (χ3n) is 3.98. The normalized spacial score (nSPS) is 11.8. The molecule has 2 nitrogen and oxygen atoms in total. The first-order valence-corrected chi connectivity index (χ1v) is 8.35. The van der Waals surface area contributed by atoms with Crippen LogP contribution in [0.1, 0.15) is 50.6 Å². The highest BCUT2D eigenvalue weighted by Gasteiger charge is 2.26. The Morgan fingerprint density at radius 2 is 1.75 bits per heavy atom. The summed E-state index contributed by atoms with van der Waals surface area (Å²) >= 11 is 1.68. The van der Waals surface area contributed by atoms with Crippen molar-refractivity contribution in [3.63, 3.8) is 0 Å². The van der Waals surface area contributed by atoms with Crippen LogP contribution in [0.3, 0.4) is 0 Å². The Morgan fingerprint density at radius 3 is 2.30 bits per heavy atom. The average Bonchev–Trinajstić information content (AvgIpc) is 2.98. The topological polar surface area (TPSA) is 38.9 Å². The highest BCUT2D eigenvalue weighted by atomic mass is 32.1. The van der Waals surface area contributed by atoms with Gasteiger partial charge in [-0.1, -0.05) is 51.5 Å². The van der Waals surface area contributed by atoms with Gasteiger partial charge in [0.1, 0.15) is 5.01 Å². The van der Waals surface area contributed by atoms with Crippen molar-refractivity contribution in [2.24, 2.45) is 5.73 Å². The molecule has 0 atom stereocenters. The van der Waals surface area contributed by atoms with Gasteiger partial charge < -0.3 is 5.73 Å². The summed E-state index contributed by atoms with van der Waals surface area (Å²) in [6.07, 6.45) is 4.17. The van der Waals surface area contributed by atoms with Crippen LogP contribution in [0.25, 0.3) is 11.3 Å². The average molecular weight is 288 g/mol. The summed E-state index contributed by atoms with van der Waals surface area (Å²) in [4.78, 5) is 4.76. The van der Waals surface area contributed by atoms with Crippen LogP contribution in [0.5, 0.6) is 0 Å². The second kappa shape index (κ2) is 6.51. The molecule has 108 valence electrons. The zero-order valence-electron chi connectivity index (χ0n) is 12.6. The number of hydrogen-bond donors (Lipinski definition) is 1. The number of aromatic nitrogens is 1. The minimum absolute atomic E-state index is 0.273. The predicted octanol–water partition coefficient (Wildman–Crippen LogP) is 4.74. The van der Waals surface area contributed by atoms with Crippen molar-refractivity contribution in [1.29, 1.82) is 0 Å². The van der Waals surface area contributed by atoms with Gasteiger partial charge in [0.2, 0.25) is 0 Å². The van der Waals surface area contributed by atoms with Gasteiger partial charge in [-0.05, 0) is 24.8 Å². The molecular formula is C17H24N2S. The molecule has 0 bridgehead atoms. The Labute approximate surface area is 126 Å². The van der Waals surface area contributed by atoms with Gasteiger partial charge in [0, 0.05) is 10.9 Å². The molecule has 2 rings (SSSR count). The second-order valence-corrected chi connectivity index (χ2v) is 6.21. The van der Waals surface area contributed by atoms with Gasteiger partial charge in [-0.15, -0.1) is 11.3 Å². The zero-order chi connectivity index (χ0) is 14.6. The van der Waals surface area contributed by atoms with Crippen LogP contribution in [-0.2, 0) is 12.0 Å². The smallest absolute Gasteiger partial charge is 0.113 e. The van der Waals surface area contributed by atoms with Gasteiger partial charge in [0.25, 0.3) is 0 Å². The van der Waals surface area contributed by atoms with E-state index in [-0.39, 0.29) is 5.54 Å². The standard InChI is InChI=1S/C17H24N2S/c1-4-7-13-8-10-14(11-9-13)15-12-20-16(19-15)17(18,5-2)6-3/h8-12H,4-7,18H2,1-3H3. The molecule has 1 aromatic carbocycles. The molecule has 1 aromatic heterocycles. The summed E-state index contributed by atoms with van der Waals surface area (Å²) in [7, 11) is 0. The second-order valence-electron chi connectivity index (χ2n) is 5.35. The Bertz CT molecular complexity index is 538. The van der Waals surface area contributed by atoms with Gasteiger partial charge in [-0.3, -0.25) is 0 Å². The molecule has 0 aliphatic heterocycles. The van der Waals surface area contributed by atoms with Gasteiger partial charge >= 0.3 is 0 Å². The molecule has 0 radical (unpaired) electrons. The third-order valence-corrected chi connectivity index (χ3v) is 5.04. The number of rotatable bonds is 6. The zero-order valence-corrected chi connectivity index (χ0v) is 13.5. The van der Waals surface area contributed by atoms with E-state index in [1.54, 1.807) is 11.3 Å². The number of thiazole rings is 1. The summed E-state index contributed by atoms with van der Waals surface area (Å²) in [6.45, 7) is 6.46. The summed E-state index contributed by atoms with van der Waals surface area (Å²) in [5, 5.41) is 3.17. The monoisotopic (exact) mass is 288 g/mol. The van der Waals surface area contributed by atoms with Gasteiger partial charge in [-0.25, -0.2) is 4.98 Å². The van der Waals surface area contributed by atoms with E-state index in [1.807, 2.05) is 0 Å². The van der Waals surface area contributed by atoms with E-state index in [0.717, 1.165) is 30.0 Å². The molecule has 0 aliphatic rings. The van der Waals surface area contributed by atoms with E-state index in [2.05, 4.69) is 50.4 Å². The number of benzene rings is 1. The summed E-state index contributed by atoms with van der Waals surface area (Å²) in [5.74, 6) is 0. The first-order valence-electron chi connectivity index (χ1n) is 7.47. The predicted molar refractivity (Wildman–Crippen MR) is 88.0 cm³/mol. The number of hydrogen-bond acceptors (Lipinski definition) is 3. The van der Waals surface area contributed by atoms with Crippen molar-refractivity contribution in [3.05, 3.63) is 40.2 Å². The molecule has 20 heavy (non-hydrogen) atoms. The summed E-state index contributed by atoms with van der Waals surface area (Å²) in [5.41, 5.74) is 9.77. The van der Waals surface area contributed by atoms with Gasteiger partial charge in [0.15, 0.2) is 0 Å². The van der Waals surface area contributed by atoms with Crippen molar-refractivity contribution < 1.29 is 0 Å². The molecule has 3 heteroatoms. The van der Waals surface area contributed by atoms with E-state index in [0.29, 0.717) is 0 Å². The van der Waals surface area contributed by atoms with Crippen LogP contribution in [-0.4, -0.2) is 4.98 Å². The maximum atomic E-state index is 6.42. The molecule has 0 fully saturated rings. The fourth-order valence-electron chi connectivity index (χ4n) is 2.32. The molecule has 0 saturated carbocycles. The molecule has 0 saturated heterocycles. The van der Waals surface area contributed by atoms with Gasteiger partial charge in [0.05, 0.1) is 11.2 Å². The van der Waals surface area contributed by atoms with Crippen LogP contribution >= 0.6 is 11.3 Å². The highest BCUT2D eigenvalue weighted by molar-refractivity contribution is 7.10. The molecule has 0 aliphatic carbocycles. The molecule has 2 aromatic rings. The minimum Gasteiger partial charge on any atom is -0.319 e. The van der Waals surface area contributed by atoms with Crippen LogP contribution in [0.4, 0.5) is 0 Å². The van der Waals surface area contributed by atoms with Crippen molar-refractivity contribution in [2.45, 2.75) is 52.0 Å². The third kappa shape index (κ3) is 3.10. The van der Waals surface area contributed by atoms with E-state index >= 15 is 0 Å². The molecular weight excluding hydrogens is 264 g/mol. The van der Waals surface area contributed by atoms with Gasteiger partial charge in [-0.2, -0.15) is 0 Å². The largest absolute Gasteiger partial charge is 0.319 e. The van der Waals surface area contributed by atoms with Crippen molar-refractivity contribution >= 4 is 11.3 Å². The van der Waals surface area contributed by atoms with Crippen LogP contribution < -0.4 is 5.73 Å².